The molecule has 20 heavy (non-hydrogen) atoms. The molecule has 0 spiro atoms. The lowest BCUT2D eigenvalue weighted by molar-refractivity contribution is 0.0696. The van der Waals surface area contributed by atoms with Crippen LogP contribution in [-0.2, 0) is 0 Å². The molecule has 0 radical (unpaired) electrons. The van der Waals surface area contributed by atoms with E-state index < -0.39 is 5.97 Å². The highest BCUT2D eigenvalue weighted by Crippen LogP contribution is 2.28. The van der Waals surface area contributed by atoms with E-state index in [1.165, 1.54) is 0 Å². The molecule has 0 bridgehead atoms. The summed E-state index contributed by atoms with van der Waals surface area (Å²) < 4.78 is 0. The van der Waals surface area contributed by atoms with Crippen LogP contribution >= 0.6 is 0 Å². The molecule has 5 heteroatoms. The molecule has 2 unspecified atom stereocenters. The molecule has 2 atom stereocenters. The maximum atomic E-state index is 11.1. The number of hydrogen-bond acceptors (Lipinski definition) is 4. The van der Waals surface area contributed by atoms with Gasteiger partial charge in [0.2, 0.25) is 0 Å². The minimum absolute atomic E-state index is 0.259. The van der Waals surface area contributed by atoms with Crippen molar-refractivity contribution in [1.29, 1.82) is 0 Å². The Morgan fingerprint density at radius 2 is 2.15 bits per heavy atom. The highest BCUT2D eigenvalue weighted by Gasteiger charge is 2.31. The van der Waals surface area contributed by atoms with Crippen molar-refractivity contribution in [3.05, 3.63) is 29.3 Å². The number of aliphatic hydroxyl groups is 1. The Morgan fingerprint density at radius 3 is 2.70 bits per heavy atom. The Kier molecular flexibility index (Phi) is 4.30. The summed E-state index contributed by atoms with van der Waals surface area (Å²) in [7, 11) is 4.03. The second-order valence-corrected chi connectivity index (χ2v) is 5.76. The third-order valence-electron chi connectivity index (χ3n) is 3.74. The van der Waals surface area contributed by atoms with Crippen molar-refractivity contribution >= 4 is 11.7 Å². The summed E-state index contributed by atoms with van der Waals surface area (Å²) in [6, 6.07) is 5.63. The van der Waals surface area contributed by atoms with Crippen molar-refractivity contribution in [2.24, 2.45) is 0 Å². The zero-order chi connectivity index (χ0) is 14.9. The first-order valence-corrected chi connectivity index (χ1v) is 6.82. The molecule has 5 nitrogen and oxygen atoms in total. The lowest BCUT2D eigenvalue weighted by Gasteiger charge is -2.29. The van der Waals surface area contributed by atoms with E-state index in [1.54, 1.807) is 13.0 Å². The number of likely N-dealkylation sites (N-methyl/N-ethyl adjacent to an activating group) is 1. The number of hydrogen-bond donors (Lipinski definition) is 2. The van der Waals surface area contributed by atoms with Crippen LogP contribution in [0.1, 0.15) is 22.3 Å². The molecule has 2 N–H and O–H groups in total. The van der Waals surface area contributed by atoms with Gasteiger partial charge in [-0.2, -0.15) is 0 Å². The van der Waals surface area contributed by atoms with Gasteiger partial charge in [0.1, 0.15) is 0 Å². The molecule has 0 saturated carbocycles. The molecular formula is C15H22N2O3. The second kappa shape index (κ2) is 5.81. The second-order valence-electron chi connectivity index (χ2n) is 5.76. The van der Waals surface area contributed by atoms with Crippen LogP contribution in [0.3, 0.4) is 0 Å². The third kappa shape index (κ3) is 3.11. The summed E-state index contributed by atoms with van der Waals surface area (Å²) in [5, 5.41) is 19.0. The number of carboxylic acids is 1. The van der Waals surface area contributed by atoms with Gasteiger partial charge in [0.15, 0.2) is 0 Å². The summed E-state index contributed by atoms with van der Waals surface area (Å²) in [6.07, 6.45) is 0.428. The molecular weight excluding hydrogens is 256 g/mol. The lowest BCUT2D eigenvalue weighted by Crippen LogP contribution is -2.37. The molecule has 2 rings (SSSR count). The first-order valence-electron chi connectivity index (χ1n) is 6.82. The Bertz CT molecular complexity index is 502. The van der Waals surface area contributed by atoms with Crippen molar-refractivity contribution in [3.8, 4) is 0 Å². The largest absolute Gasteiger partial charge is 0.478 e. The van der Waals surface area contributed by atoms with E-state index in [1.807, 2.05) is 26.2 Å². The maximum Gasteiger partial charge on any atom is 0.335 e. The highest BCUT2D eigenvalue weighted by molar-refractivity contribution is 5.89. The van der Waals surface area contributed by atoms with Gasteiger partial charge in [0, 0.05) is 24.8 Å². The normalized spacial score (nSPS) is 22.6. The van der Waals surface area contributed by atoms with Crippen molar-refractivity contribution in [2.75, 3.05) is 32.1 Å². The standard InChI is InChI=1S/C15H22N2O3/c1-10-6-11(4-5-14(10)15(19)20)17-9-13(18)7-12(17)8-16(2)3/h4-6,12-13,18H,7-9H2,1-3H3,(H,19,20). The summed E-state index contributed by atoms with van der Waals surface area (Å²) in [5.41, 5.74) is 2.06. The van der Waals surface area contributed by atoms with E-state index in [2.05, 4.69) is 9.80 Å². The predicted octanol–water partition coefficient (Wildman–Crippen LogP) is 1.19. The topological polar surface area (TPSA) is 64.0 Å². The Hall–Kier alpha value is -1.59. The van der Waals surface area contributed by atoms with E-state index in [4.69, 9.17) is 5.11 Å². The van der Waals surface area contributed by atoms with E-state index in [9.17, 15) is 9.90 Å². The minimum atomic E-state index is -0.902. The fourth-order valence-corrected chi connectivity index (χ4v) is 2.87. The number of rotatable bonds is 4. The summed E-state index contributed by atoms with van der Waals surface area (Å²) in [6.45, 7) is 3.28. The van der Waals surface area contributed by atoms with Gasteiger partial charge < -0.3 is 20.0 Å². The van der Waals surface area contributed by atoms with Gasteiger partial charge >= 0.3 is 5.97 Å². The molecule has 0 aromatic heterocycles. The monoisotopic (exact) mass is 278 g/mol. The molecule has 0 aliphatic carbocycles. The number of β-amino-alcohol motifs (C(OH)–C–C–N with tert-alkyl or cyclic N) is 1. The number of carboxylic acid groups (broad SMARTS) is 1. The fraction of sp³-hybridized carbons (Fsp3) is 0.533. The van der Waals surface area contributed by atoms with Crippen LogP contribution in [0.4, 0.5) is 5.69 Å². The van der Waals surface area contributed by atoms with Gasteiger partial charge in [-0.3, -0.25) is 0 Å². The average Bonchev–Trinajstić information content (AvgIpc) is 2.68. The number of aryl methyl sites for hydroxylation is 1. The van der Waals surface area contributed by atoms with E-state index in [0.29, 0.717) is 12.1 Å². The summed E-state index contributed by atoms with van der Waals surface area (Å²) in [5.74, 6) is -0.902. The predicted molar refractivity (Wildman–Crippen MR) is 78.5 cm³/mol. The summed E-state index contributed by atoms with van der Waals surface area (Å²) in [4.78, 5) is 15.3. The molecule has 110 valence electrons. The maximum absolute atomic E-state index is 11.1. The average molecular weight is 278 g/mol. The highest BCUT2D eigenvalue weighted by atomic mass is 16.4. The molecule has 1 heterocycles. The van der Waals surface area contributed by atoms with Gasteiger partial charge in [-0.15, -0.1) is 0 Å². The quantitative estimate of drug-likeness (QED) is 0.866. The fourth-order valence-electron chi connectivity index (χ4n) is 2.87. The first-order chi connectivity index (χ1) is 9.38. The third-order valence-corrected chi connectivity index (χ3v) is 3.74. The van der Waals surface area contributed by atoms with E-state index in [-0.39, 0.29) is 12.1 Å². The zero-order valence-corrected chi connectivity index (χ0v) is 12.2. The molecule has 1 saturated heterocycles. The van der Waals surface area contributed by atoms with Crippen LogP contribution in [0.2, 0.25) is 0 Å². The zero-order valence-electron chi connectivity index (χ0n) is 12.2. The van der Waals surface area contributed by atoms with Crippen molar-refractivity contribution in [2.45, 2.75) is 25.5 Å². The van der Waals surface area contributed by atoms with Crippen LogP contribution in [-0.4, -0.2) is 60.4 Å². The minimum Gasteiger partial charge on any atom is -0.478 e. The molecule has 1 aliphatic heterocycles. The van der Waals surface area contributed by atoms with Crippen LogP contribution < -0.4 is 4.90 Å². The Morgan fingerprint density at radius 1 is 1.45 bits per heavy atom. The molecule has 0 amide bonds. The van der Waals surface area contributed by atoms with Crippen LogP contribution in [0, 0.1) is 6.92 Å². The van der Waals surface area contributed by atoms with Crippen molar-refractivity contribution in [3.63, 3.8) is 0 Å². The lowest BCUT2D eigenvalue weighted by atomic mass is 10.1. The number of carbonyl (C=O) groups is 1. The van der Waals surface area contributed by atoms with Crippen LogP contribution in [0.5, 0.6) is 0 Å². The number of anilines is 1. The van der Waals surface area contributed by atoms with Crippen LogP contribution in [0.15, 0.2) is 18.2 Å². The van der Waals surface area contributed by atoms with Crippen molar-refractivity contribution in [1.82, 2.24) is 4.90 Å². The molecule has 1 aliphatic rings. The van der Waals surface area contributed by atoms with Gasteiger partial charge in [-0.05, 0) is 51.2 Å². The smallest absolute Gasteiger partial charge is 0.335 e. The SMILES string of the molecule is Cc1cc(N2CC(O)CC2CN(C)C)ccc1C(=O)O. The van der Waals surface area contributed by atoms with Gasteiger partial charge in [0.25, 0.3) is 0 Å². The molecule has 1 aromatic rings. The van der Waals surface area contributed by atoms with E-state index in [0.717, 1.165) is 24.2 Å². The first kappa shape index (κ1) is 14.8. The van der Waals surface area contributed by atoms with Gasteiger partial charge in [0.05, 0.1) is 11.7 Å². The van der Waals surface area contributed by atoms with Gasteiger partial charge in [-0.25, -0.2) is 4.79 Å². The van der Waals surface area contributed by atoms with Crippen molar-refractivity contribution < 1.29 is 15.0 Å². The van der Waals surface area contributed by atoms with E-state index >= 15 is 0 Å². The molecule has 1 aromatic carbocycles. The molecule has 1 fully saturated rings. The summed E-state index contributed by atoms with van der Waals surface area (Å²) >= 11 is 0. The number of benzene rings is 1. The number of nitrogens with zero attached hydrogens (tertiary/aromatic N) is 2. The number of aliphatic hydroxyl groups excluding tert-OH is 1. The Balaban J connectivity index is 2.25. The van der Waals surface area contributed by atoms with Crippen LogP contribution in [0.25, 0.3) is 0 Å². The number of aromatic carboxylic acids is 1. The van der Waals surface area contributed by atoms with Gasteiger partial charge in [-0.1, -0.05) is 0 Å². The Labute approximate surface area is 119 Å².